The van der Waals surface area contributed by atoms with Gasteiger partial charge in [-0.3, -0.25) is 4.79 Å². The third-order valence-corrected chi connectivity index (χ3v) is 5.76. The van der Waals surface area contributed by atoms with Gasteiger partial charge >= 0.3 is 18.3 Å². The summed E-state index contributed by atoms with van der Waals surface area (Å²) in [4.78, 5) is 34.2. The average Bonchev–Trinajstić information content (AvgIpc) is 3.36. The molecule has 1 amide bonds. The fourth-order valence-electron chi connectivity index (χ4n) is 3.59. The molecule has 1 unspecified atom stereocenters. The number of methoxy groups -OCH3 is 1. The molecule has 0 aliphatic carbocycles. The first-order valence-corrected chi connectivity index (χ1v) is 12.2. The van der Waals surface area contributed by atoms with Crippen molar-refractivity contribution in [2.75, 3.05) is 19.0 Å². The zero-order chi connectivity index (χ0) is 30.0. The number of nitrogens with one attached hydrogen (secondary N) is 1. The normalized spacial score (nSPS) is 15.0. The van der Waals surface area contributed by atoms with Gasteiger partial charge in [0.05, 0.1) is 24.6 Å². The molecule has 1 aromatic heterocycles. The Labute approximate surface area is 233 Å². The highest BCUT2D eigenvalue weighted by Crippen LogP contribution is 2.27. The molecule has 4 N–H and O–H groups in total. The number of aromatic carboxylic acids is 1. The van der Waals surface area contributed by atoms with Gasteiger partial charge in [-0.15, -0.1) is 13.2 Å². The summed E-state index contributed by atoms with van der Waals surface area (Å²) < 4.78 is 50.9. The van der Waals surface area contributed by atoms with E-state index in [0.29, 0.717) is 17.9 Å². The van der Waals surface area contributed by atoms with Crippen LogP contribution in [0, 0.1) is 0 Å². The summed E-state index contributed by atoms with van der Waals surface area (Å²) in [5, 5.41) is 11.2. The number of ether oxygens (including phenoxy) is 3. The van der Waals surface area contributed by atoms with Crippen molar-refractivity contribution in [3.05, 3.63) is 77.6 Å². The van der Waals surface area contributed by atoms with E-state index < -0.39 is 18.2 Å². The van der Waals surface area contributed by atoms with Gasteiger partial charge in [0.25, 0.3) is 6.02 Å². The number of rotatable bonds is 9. The van der Waals surface area contributed by atoms with Crippen molar-refractivity contribution in [3.8, 4) is 11.8 Å². The molecule has 2 atom stereocenters. The smallest absolute Gasteiger partial charge is 0.478 e. The van der Waals surface area contributed by atoms with E-state index in [1.54, 1.807) is 25.1 Å². The molecule has 0 fully saturated rings. The molecule has 2 aromatic carbocycles. The number of carboxylic acids is 1. The molecule has 11 nitrogen and oxygen atoms in total. The van der Waals surface area contributed by atoms with Crippen molar-refractivity contribution in [3.63, 3.8) is 0 Å². The number of amides is 1. The molecule has 0 radical (unpaired) electrons. The van der Waals surface area contributed by atoms with Gasteiger partial charge in [0.1, 0.15) is 12.4 Å². The molecular formula is C27H28F3N5O6. The van der Waals surface area contributed by atoms with Gasteiger partial charge in [-0.25, -0.2) is 19.8 Å². The lowest BCUT2D eigenvalue weighted by atomic mass is 10.00. The van der Waals surface area contributed by atoms with Gasteiger partial charge in [-0.05, 0) is 55.2 Å². The number of aliphatic imine (C=N–C) groups is 1. The number of nitrogens with two attached hydrogens (primary N) is 1. The third-order valence-electron chi connectivity index (χ3n) is 5.76. The first-order chi connectivity index (χ1) is 19.4. The Kier molecular flexibility index (Phi) is 10.4. The second-order valence-corrected chi connectivity index (χ2v) is 8.76. The highest BCUT2D eigenvalue weighted by molar-refractivity contribution is 5.95. The Morgan fingerprint density at radius 3 is 2.41 bits per heavy atom. The second-order valence-electron chi connectivity index (χ2n) is 8.76. The van der Waals surface area contributed by atoms with Crippen molar-refractivity contribution in [2.24, 2.45) is 10.7 Å². The van der Waals surface area contributed by atoms with Crippen LogP contribution in [0.2, 0.25) is 0 Å². The molecule has 14 heteroatoms. The summed E-state index contributed by atoms with van der Waals surface area (Å²) >= 11 is 0. The highest BCUT2D eigenvalue weighted by atomic mass is 19.4. The van der Waals surface area contributed by atoms with Gasteiger partial charge in [-0.2, -0.15) is 0 Å². The van der Waals surface area contributed by atoms with E-state index in [1.165, 1.54) is 37.7 Å². The van der Waals surface area contributed by atoms with Crippen LogP contribution >= 0.6 is 0 Å². The van der Waals surface area contributed by atoms with Crippen molar-refractivity contribution in [1.82, 2.24) is 9.97 Å². The molecule has 1 aliphatic heterocycles. The van der Waals surface area contributed by atoms with Gasteiger partial charge in [0.2, 0.25) is 5.91 Å². The minimum atomic E-state index is -4.78. The Bertz CT molecular complexity index is 1350. The minimum Gasteiger partial charge on any atom is -0.478 e. The number of aryl methyl sites for hydroxylation is 1. The zero-order valence-corrected chi connectivity index (χ0v) is 22.1. The fraction of sp³-hybridized carbons (Fsp3) is 0.296. The molecule has 218 valence electrons. The number of aromatic nitrogens is 2. The van der Waals surface area contributed by atoms with Gasteiger partial charge < -0.3 is 30.4 Å². The fourth-order valence-corrected chi connectivity index (χ4v) is 3.59. The Hall–Kier alpha value is -4.88. The lowest BCUT2D eigenvalue weighted by molar-refractivity contribution is -0.274. The molecule has 1 aliphatic rings. The number of alkyl halides is 3. The summed E-state index contributed by atoms with van der Waals surface area (Å²) in [7, 11) is 1.41. The Morgan fingerprint density at radius 1 is 1.17 bits per heavy atom. The molecule has 0 spiro atoms. The average molecular weight is 576 g/mol. The van der Waals surface area contributed by atoms with Gasteiger partial charge in [0, 0.05) is 18.1 Å². The van der Waals surface area contributed by atoms with E-state index in [0.717, 1.165) is 18.4 Å². The summed E-state index contributed by atoms with van der Waals surface area (Å²) in [6.45, 7) is 2.11. The second kappa shape index (κ2) is 14.0. The number of halogens is 3. The summed E-state index contributed by atoms with van der Waals surface area (Å²) in [6, 6.07) is 13.2. The van der Waals surface area contributed by atoms with Crippen LogP contribution in [0.25, 0.3) is 0 Å². The Balaban J connectivity index is 0.000000352. The third kappa shape index (κ3) is 9.98. The van der Waals surface area contributed by atoms with Gasteiger partial charge in [0.15, 0.2) is 0 Å². The SMILES string of the molecule is CC(C(=O)Nc1ccc(CC[C@H]2COC(N)=N2)cc1)c1cccc(OC(F)(F)F)c1.COc1ncc(C(=O)O)cn1. The largest absolute Gasteiger partial charge is 0.573 e. The summed E-state index contributed by atoms with van der Waals surface area (Å²) in [5.41, 5.74) is 7.64. The lowest BCUT2D eigenvalue weighted by Gasteiger charge is -2.15. The van der Waals surface area contributed by atoms with Gasteiger partial charge in [-0.1, -0.05) is 24.3 Å². The molecule has 41 heavy (non-hydrogen) atoms. The molecule has 3 aromatic rings. The van der Waals surface area contributed by atoms with Crippen LogP contribution in [0.5, 0.6) is 11.8 Å². The number of hydrogen-bond donors (Lipinski definition) is 3. The van der Waals surface area contributed by atoms with Crippen LogP contribution in [-0.2, 0) is 16.0 Å². The molecule has 4 rings (SSSR count). The molecule has 0 saturated carbocycles. The maximum absolute atomic E-state index is 12.5. The maximum atomic E-state index is 12.5. The van der Waals surface area contributed by atoms with E-state index >= 15 is 0 Å². The standard InChI is InChI=1S/C21H22F3N3O3.C6H6N2O3/c1-13(15-3-2-4-18(11-15)30-21(22,23)24)19(28)26-16-8-5-14(6-9-16)7-10-17-12-29-20(25)27-17;1-11-6-7-2-4(3-8-6)5(9)10/h2-6,8-9,11,13,17H,7,10,12H2,1H3,(H2,25,27)(H,26,28);2-3H,1H3,(H,9,10)/t13?,17-;/m0./s1. The quantitative estimate of drug-likeness (QED) is 0.341. The number of carbonyl (C=O) groups excluding carboxylic acids is 1. The van der Waals surface area contributed by atoms with E-state index in [-0.39, 0.29) is 35.3 Å². The van der Waals surface area contributed by atoms with Crippen molar-refractivity contribution in [2.45, 2.75) is 38.1 Å². The molecular weight excluding hydrogens is 547 g/mol. The Morgan fingerprint density at radius 2 is 1.85 bits per heavy atom. The number of amidine groups is 1. The van der Waals surface area contributed by atoms with Crippen LogP contribution < -0.4 is 20.5 Å². The summed E-state index contributed by atoms with van der Waals surface area (Å²) in [6.07, 6.45) is -0.806. The monoisotopic (exact) mass is 575 g/mol. The first kappa shape index (κ1) is 30.7. The molecule has 2 heterocycles. The highest BCUT2D eigenvalue weighted by Gasteiger charge is 2.31. The van der Waals surface area contributed by atoms with Crippen LogP contribution in [0.4, 0.5) is 18.9 Å². The number of nitrogens with zero attached hydrogens (tertiary/aromatic N) is 3. The number of carbonyl (C=O) groups is 2. The van der Waals surface area contributed by atoms with Crippen molar-refractivity contribution in [1.29, 1.82) is 0 Å². The topological polar surface area (TPSA) is 158 Å². The van der Waals surface area contributed by atoms with Crippen LogP contribution in [-0.4, -0.2) is 59.1 Å². The predicted molar refractivity (Wildman–Crippen MR) is 142 cm³/mol. The lowest BCUT2D eigenvalue weighted by Crippen LogP contribution is -2.20. The number of benzene rings is 2. The first-order valence-electron chi connectivity index (χ1n) is 12.2. The van der Waals surface area contributed by atoms with Crippen LogP contribution in [0.1, 0.15) is 40.7 Å². The van der Waals surface area contributed by atoms with E-state index in [1.807, 2.05) is 12.1 Å². The summed E-state index contributed by atoms with van der Waals surface area (Å²) in [5.74, 6) is -2.40. The molecule has 0 bridgehead atoms. The van der Waals surface area contributed by atoms with E-state index in [2.05, 4.69) is 29.8 Å². The zero-order valence-electron chi connectivity index (χ0n) is 22.1. The number of anilines is 1. The van der Waals surface area contributed by atoms with Crippen LogP contribution in [0.15, 0.2) is 65.9 Å². The van der Waals surface area contributed by atoms with Crippen molar-refractivity contribution >= 4 is 23.6 Å². The number of hydrogen-bond acceptors (Lipinski definition) is 9. The van der Waals surface area contributed by atoms with Crippen molar-refractivity contribution < 1.29 is 42.1 Å². The van der Waals surface area contributed by atoms with Crippen LogP contribution in [0.3, 0.4) is 0 Å². The maximum Gasteiger partial charge on any atom is 0.573 e. The predicted octanol–water partition coefficient (Wildman–Crippen LogP) is 4.16. The minimum absolute atomic E-state index is 0.0470. The van der Waals surface area contributed by atoms with E-state index in [4.69, 9.17) is 15.6 Å². The number of carboxylic acid groups (broad SMARTS) is 1. The molecule has 0 saturated heterocycles. The van der Waals surface area contributed by atoms with E-state index in [9.17, 15) is 22.8 Å².